The van der Waals surface area contributed by atoms with Crippen LogP contribution in [0.4, 0.5) is 0 Å². The molecule has 0 aromatic heterocycles. The van der Waals surface area contributed by atoms with Crippen molar-refractivity contribution >= 4 is 39.5 Å². The van der Waals surface area contributed by atoms with Crippen molar-refractivity contribution in [3.63, 3.8) is 0 Å². The second-order valence-electron chi connectivity index (χ2n) is 5.15. The molecule has 20 heavy (non-hydrogen) atoms. The van der Waals surface area contributed by atoms with E-state index in [0.29, 0.717) is 22.2 Å². The zero-order valence-corrected chi connectivity index (χ0v) is 15.2. The van der Waals surface area contributed by atoms with Crippen molar-refractivity contribution in [2.75, 3.05) is 12.9 Å². The molecule has 0 amide bonds. The molecule has 1 aliphatic heterocycles. The molecule has 1 aromatic carbocycles. The number of aliphatic hydroxyl groups is 1. The summed E-state index contributed by atoms with van der Waals surface area (Å²) in [4.78, 5) is 0. The first-order valence-corrected chi connectivity index (χ1v) is 9.57. The first kappa shape index (κ1) is 16.5. The Morgan fingerprint density at radius 2 is 2.15 bits per heavy atom. The van der Waals surface area contributed by atoms with Crippen molar-refractivity contribution in [3.05, 3.63) is 28.2 Å². The number of aliphatic hydroxyl groups excluding tert-OH is 1. The zero-order valence-electron chi connectivity index (χ0n) is 12.0. The molecule has 1 N–H and O–H groups in total. The molecule has 0 radical (unpaired) electrons. The molecular formula is C15H21BrO2S2. The van der Waals surface area contributed by atoms with E-state index < -0.39 is 0 Å². The first-order chi connectivity index (χ1) is 9.51. The fourth-order valence-corrected chi connectivity index (χ4v) is 5.70. The summed E-state index contributed by atoms with van der Waals surface area (Å²) in [6.07, 6.45) is 0.313. The van der Waals surface area contributed by atoms with Gasteiger partial charge in [-0.25, -0.2) is 0 Å². The molecule has 0 bridgehead atoms. The van der Waals surface area contributed by atoms with Gasteiger partial charge >= 0.3 is 0 Å². The summed E-state index contributed by atoms with van der Waals surface area (Å²) in [6, 6.07) is 5.94. The Morgan fingerprint density at radius 3 is 2.80 bits per heavy atom. The summed E-state index contributed by atoms with van der Waals surface area (Å²) in [5, 5.41) is 12.1. The van der Waals surface area contributed by atoms with Crippen LogP contribution < -0.4 is 4.74 Å². The van der Waals surface area contributed by atoms with Crippen LogP contribution in [0, 0.1) is 0 Å². The van der Waals surface area contributed by atoms with Crippen LogP contribution in [0.25, 0.3) is 0 Å². The second-order valence-corrected chi connectivity index (χ2v) is 9.09. The molecule has 0 aliphatic carbocycles. The fraction of sp³-hybridized carbons (Fsp3) is 0.600. The van der Waals surface area contributed by atoms with Gasteiger partial charge in [0.1, 0.15) is 5.75 Å². The highest BCUT2D eigenvalue weighted by atomic mass is 79.9. The lowest BCUT2D eigenvalue weighted by molar-refractivity contribution is 0.176. The number of methoxy groups -OCH3 is 1. The molecule has 1 aliphatic rings. The molecule has 2 rings (SSSR count). The summed E-state index contributed by atoms with van der Waals surface area (Å²) in [5.41, 5.74) is 1.06. The van der Waals surface area contributed by atoms with Gasteiger partial charge in [0.15, 0.2) is 0 Å². The zero-order chi connectivity index (χ0) is 14.7. The molecule has 1 heterocycles. The monoisotopic (exact) mass is 376 g/mol. The largest absolute Gasteiger partial charge is 0.496 e. The van der Waals surface area contributed by atoms with Crippen molar-refractivity contribution in [2.24, 2.45) is 0 Å². The van der Waals surface area contributed by atoms with Crippen molar-refractivity contribution in [1.82, 2.24) is 0 Å². The minimum absolute atomic E-state index is 0.301. The Morgan fingerprint density at radius 1 is 1.40 bits per heavy atom. The SMILES string of the molecule is COc1ccc(Br)cc1CC(O)C1CSC(C)C(C)S1. The number of hydrogen-bond acceptors (Lipinski definition) is 4. The van der Waals surface area contributed by atoms with Crippen LogP contribution >= 0.6 is 39.5 Å². The number of halogens is 1. The van der Waals surface area contributed by atoms with Gasteiger partial charge in [-0.2, -0.15) is 23.5 Å². The number of benzene rings is 1. The van der Waals surface area contributed by atoms with E-state index in [9.17, 15) is 5.11 Å². The summed E-state index contributed by atoms with van der Waals surface area (Å²) in [5.74, 6) is 1.87. The van der Waals surface area contributed by atoms with E-state index >= 15 is 0 Å². The maximum absolute atomic E-state index is 10.5. The molecule has 2 nitrogen and oxygen atoms in total. The van der Waals surface area contributed by atoms with E-state index in [4.69, 9.17) is 4.74 Å². The van der Waals surface area contributed by atoms with Gasteiger partial charge < -0.3 is 9.84 Å². The molecule has 4 unspecified atom stereocenters. The van der Waals surface area contributed by atoms with Crippen molar-refractivity contribution in [2.45, 2.75) is 42.1 Å². The Hall–Kier alpha value is 0.160. The highest BCUT2D eigenvalue weighted by Crippen LogP contribution is 2.38. The predicted octanol–water partition coefficient (Wildman–Crippen LogP) is 3.99. The minimum atomic E-state index is -0.328. The maximum Gasteiger partial charge on any atom is 0.122 e. The molecule has 1 fully saturated rings. The Kier molecular flexibility index (Phi) is 6.14. The number of hydrogen-bond donors (Lipinski definition) is 1. The fourth-order valence-electron chi connectivity index (χ4n) is 2.27. The van der Waals surface area contributed by atoms with Crippen LogP contribution in [-0.4, -0.2) is 39.8 Å². The summed E-state index contributed by atoms with van der Waals surface area (Å²) < 4.78 is 6.40. The van der Waals surface area contributed by atoms with Crippen LogP contribution in [-0.2, 0) is 6.42 Å². The molecule has 1 aromatic rings. The molecule has 5 heteroatoms. The van der Waals surface area contributed by atoms with E-state index in [-0.39, 0.29) is 6.10 Å². The van der Waals surface area contributed by atoms with E-state index in [1.165, 1.54) is 0 Å². The summed E-state index contributed by atoms with van der Waals surface area (Å²) >= 11 is 7.36. The molecule has 0 saturated carbocycles. The summed E-state index contributed by atoms with van der Waals surface area (Å²) in [6.45, 7) is 4.52. The van der Waals surface area contributed by atoms with Gasteiger partial charge in [0, 0.05) is 32.4 Å². The van der Waals surface area contributed by atoms with Gasteiger partial charge in [0.05, 0.1) is 13.2 Å². The van der Waals surface area contributed by atoms with Crippen LogP contribution in [0.1, 0.15) is 19.4 Å². The third-order valence-corrected chi connectivity index (χ3v) is 7.70. The van der Waals surface area contributed by atoms with E-state index in [1.54, 1.807) is 7.11 Å². The van der Waals surface area contributed by atoms with E-state index in [1.807, 2.05) is 41.7 Å². The number of thioether (sulfide) groups is 2. The molecule has 4 atom stereocenters. The Bertz CT molecular complexity index is 455. The molecule has 112 valence electrons. The highest BCUT2D eigenvalue weighted by Gasteiger charge is 2.30. The highest BCUT2D eigenvalue weighted by molar-refractivity contribution is 9.10. The molecular weight excluding hydrogens is 356 g/mol. The number of rotatable bonds is 4. The molecule has 1 saturated heterocycles. The lowest BCUT2D eigenvalue weighted by atomic mass is 10.0. The van der Waals surface area contributed by atoms with E-state index in [0.717, 1.165) is 21.5 Å². The first-order valence-electron chi connectivity index (χ1n) is 6.78. The molecule has 0 spiro atoms. The quantitative estimate of drug-likeness (QED) is 0.859. The topological polar surface area (TPSA) is 29.5 Å². The van der Waals surface area contributed by atoms with E-state index in [2.05, 4.69) is 29.8 Å². The second kappa shape index (κ2) is 7.43. The third kappa shape index (κ3) is 4.09. The average molecular weight is 377 g/mol. The Balaban J connectivity index is 2.04. The van der Waals surface area contributed by atoms with Gasteiger partial charge in [0.2, 0.25) is 0 Å². The predicted molar refractivity (Wildman–Crippen MR) is 93.2 cm³/mol. The van der Waals surface area contributed by atoms with Gasteiger partial charge in [-0.3, -0.25) is 0 Å². The minimum Gasteiger partial charge on any atom is -0.496 e. The van der Waals surface area contributed by atoms with Gasteiger partial charge in [0.25, 0.3) is 0 Å². The van der Waals surface area contributed by atoms with Gasteiger partial charge in [-0.1, -0.05) is 29.8 Å². The number of ether oxygens (including phenoxy) is 1. The standard InChI is InChI=1S/C15H21BrO2S2/c1-9-10(2)20-15(8-19-9)13(17)7-11-6-12(16)4-5-14(11)18-3/h4-6,9-10,13,15,17H,7-8H2,1-3H3. The van der Waals surface area contributed by atoms with Gasteiger partial charge in [-0.15, -0.1) is 0 Å². The summed E-state index contributed by atoms with van der Waals surface area (Å²) in [7, 11) is 1.67. The van der Waals surface area contributed by atoms with Crippen LogP contribution in [0.15, 0.2) is 22.7 Å². The average Bonchev–Trinajstić information content (AvgIpc) is 2.42. The van der Waals surface area contributed by atoms with Crippen LogP contribution in [0.5, 0.6) is 5.75 Å². The lowest BCUT2D eigenvalue weighted by Crippen LogP contribution is -2.35. The normalized spacial score (nSPS) is 28.1. The smallest absolute Gasteiger partial charge is 0.122 e. The van der Waals surface area contributed by atoms with Crippen molar-refractivity contribution in [1.29, 1.82) is 0 Å². The van der Waals surface area contributed by atoms with Crippen molar-refractivity contribution in [3.8, 4) is 5.75 Å². The van der Waals surface area contributed by atoms with Gasteiger partial charge in [-0.05, 0) is 23.8 Å². The maximum atomic E-state index is 10.5. The van der Waals surface area contributed by atoms with Crippen molar-refractivity contribution < 1.29 is 9.84 Å². The lowest BCUT2D eigenvalue weighted by Gasteiger charge is -2.34. The van der Waals surface area contributed by atoms with Crippen LogP contribution in [0.2, 0.25) is 0 Å². The van der Waals surface area contributed by atoms with Crippen LogP contribution in [0.3, 0.4) is 0 Å². The third-order valence-electron chi connectivity index (χ3n) is 3.67. The Labute approximate surface area is 138 Å².